The monoisotopic (exact) mass is 252 g/mol. The summed E-state index contributed by atoms with van der Waals surface area (Å²) in [5.74, 6) is 1.36. The molecule has 4 rings (SSSR count). The lowest BCUT2D eigenvalue weighted by molar-refractivity contribution is 0.0663. The van der Waals surface area contributed by atoms with E-state index in [1.165, 1.54) is 42.0 Å². The standard InChI is InChI=1S/C18H20O/c1-2-8-14-13(6-1)7-5-10-15(14)17-12-19-18-11-4-3-9-16(17)18/h1-2,5-8,10,16-18H,3-4,9,11-12H2/t16-,17?,18-/m1/s1. The number of benzene rings is 2. The normalized spacial score (nSPS) is 30.4. The lowest BCUT2D eigenvalue weighted by Crippen LogP contribution is -2.23. The summed E-state index contributed by atoms with van der Waals surface area (Å²) < 4.78 is 6.07. The molecule has 2 aromatic carbocycles. The number of hydrogen-bond donors (Lipinski definition) is 0. The largest absolute Gasteiger partial charge is 0.377 e. The SMILES string of the molecule is c1ccc2c(C3CO[C@@H]4CCCC[C@H]34)cccc2c1. The van der Waals surface area contributed by atoms with Gasteiger partial charge in [0.05, 0.1) is 12.7 Å². The molecule has 1 heteroatoms. The van der Waals surface area contributed by atoms with Gasteiger partial charge in [-0.25, -0.2) is 0 Å². The van der Waals surface area contributed by atoms with Crippen LogP contribution in [0.1, 0.15) is 37.2 Å². The van der Waals surface area contributed by atoms with Gasteiger partial charge in [0.1, 0.15) is 0 Å². The molecule has 1 nitrogen and oxygen atoms in total. The molecule has 3 atom stereocenters. The molecule has 0 aromatic heterocycles. The maximum atomic E-state index is 6.07. The van der Waals surface area contributed by atoms with Crippen LogP contribution in [0.25, 0.3) is 10.8 Å². The third kappa shape index (κ3) is 1.88. The van der Waals surface area contributed by atoms with Crippen molar-refractivity contribution >= 4 is 10.8 Å². The van der Waals surface area contributed by atoms with E-state index in [-0.39, 0.29) is 0 Å². The molecular weight excluding hydrogens is 232 g/mol. The molecule has 0 bridgehead atoms. The molecule has 0 radical (unpaired) electrons. The van der Waals surface area contributed by atoms with E-state index in [2.05, 4.69) is 42.5 Å². The smallest absolute Gasteiger partial charge is 0.0610 e. The van der Waals surface area contributed by atoms with E-state index in [4.69, 9.17) is 4.74 Å². The average Bonchev–Trinajstić information content (AvgIpc) is 2.90. The van der Waals surface area contributed by atoms with Gasteiger partial charge in [-0.05, 0) is 35.1 Å². The second kappa shape index (κ2) is 4.64. The van der Waals surface area contributed by atoms with Gasteiger partial charge in [-0.2, -0.15) is 0 Å². The van der Waals surface area contributed by atoms with Crippen molar-refractivity contribution in [3.05, 3.63) is 48.0 Å². The van der Waals surface area contributed by atoms with Crippen molar-refractivity contribution in [2.75, 3.05) is 6.61 Å². The molecule has 0 spiro atoms. The van der Waals surface area contributed by atoms with Gasteiger partial charge in [0.25, 0.3) is 0 Å². The fraction of sp³-hybridized carbons (Fsp3) is 0.444. The van der Waals surface area contributed by atoms with Gasteiger partial charge < -0.3 is 4.74 Å². The summed E-state index contributed by atoms with van der Waals surface area (Å²) in [7, 11) is 0. The van der Waals surface area contributed by atoms with Gasteiger partial charge in [-0.15, -0.1) is 0 Å². The lowest BCUT2D eigenvalue weighted by Gasteiger charge is -2.27. The first-order valence-corrected chi connectivity index (χ1v) is 7.53. The Labute approximate surface area is 114 Å². The summed E-state index contributed by atoms with van der Waals surface area (Å²) in [6, 6.07) is 15.5. The highest BCUT2D eigenvalue weighted by molar-refractivity contribution is 5.86. The first kappa shape index (κ1) is 11.5. The molecule has 0 N–H and O–H groups in total. The van der Waals surface area contributed by atoms with Crippen molar-refractivity contribution in [2.45, 2.75) is 37.7 Å². The zero-order valence-electron chi connectivity index (χ0n) is 11.2. The minimum atomic E-state index is 0.526. The highest BCUT2D eigenvalue weighted by Gasteiger charge is 2.39. The van der Waals surface area contributed by atoms with E-state index in [1.54, 1.807) is 0 Å². The summed E-state index contributed by atoms with van der Waals surface area (Å²) in [5, 5.41) is 2.78. The maximum Gasteiger partial charge on any atom is 0.0610 e. The number of hydrogen-bond acceptors (Lipinski definition) is 1. The second-order valence-corrected chi connectivity index (χ2v) is 5.99. The van der Waals surface area contributed by atoms with Gasteiger partial charge in [0, 0.05) is 5.92 Å². The molecule has 1 saturated carbocycles. The molecule has 2 fully saturated rings. The summed E-state index contributed by atoms with van der Waals surface area (Å²) in [5.41, 5.74) is 1.51. The highest BCUT2D eigenvalue weighted by Crippen LogP contribution is 2.44. The molecular formula is C18H20O. The Hall–Kier alpha value is -1.34. The first-order valence-electron chi connectivity index (χ1n) is 7.53. The van der Waals surface area contributed by atoms with Gasteiger partial charge in [-0.1, -0.05) is 55.3 Å². The molecule has 1 saturated heterocycles. The molecule has 1 aliphatic heterocycles. The van der Waals surface area contributed by atoms with Crippen LogP contribution in [0.2, 0.25) is 0 Å². The van der Waals surface area contributed by atoms with E-state index in [0.717, 1.165) is 12.5 Å². The van der Waals surface area contributed by atoms with Crippen molar-refractivity contribution in [3.8, 4) is 0 Å². The molecule has 19 heavy (non-hydrogen) atoms. The Morgan fingerprint density at radius 2 is 1.74 bits per heavy atom. The predicted molar refractivity (Wildman–Crippen MR) is 78.4 cm³/mol. The van der Waals surface area contributed by atoms with Crippen molar-refractivity contribution < 1.29 is 4.74 Å². The average molecular weight is 252 g/mol. The summed E-state index contributed by atoms with van der Waals surface area (Å²) in [4.78, 5) is 0. The quantitative estimate of drug-likeness (QED) is 0.725. The number of ether oxygens (including phenoxy) is 1. The Morgan fingerprint density at radius 3 is 2.74 bits per heavy atom. The number of fused-ring (bicyclic) bond motifs is 2. The van der Waals surface area contributed by atoms with Crippen LogP contribution in [0.5, 0.6) is 0 Å². The fourth-order valence-corrected chi connectivity index (χ4v) is 4.04. The minimum absolute atomic E-state index is 0.526. The third-order valence-corrected chi connectivity index (χ3v) is 4.98. The van der Waals surface area contributed by atoms with Crippen LogP contribution in [0.15, 0.2) is 42.5 Å². The maximum absolute atomic E-state index is 6.07. The Kier molecular flexibility index (Phi) is 2.81. The highest BCUT2D eigenvalue weighted by atomic mass is 16.5. The third-order valence-electron chi connectivity index (χ3n) is 4.98. The van der Waals surface area contributed by atoms with Gasteiger partial charge in [0.15, 0.2) is 0 Å². The van der Waals surface area contributed by atoms with Crippen LogP contribution in [0.4, 0.5) is 0 Å². The molecule has 98 valence electrons. The van der Waals surface area contributed by atoms with Crippen LogP contribution >= 0.6 is 0 Å². The predicted octanol–water partition coefficient (Wildman–Crippen LogP) is 4.51. The second-order valence-electron chi connectivity index (χ2n) is 5.99. The summed E-state index contributed by atoms with van der Waals surface area (Å²) in [6.45, 7) is 0.920. The molecule has 0 amide bonds. The van der Waals surface area contributed by atoms with Gasteiger partial charge in [-0.3, -0.25) is 0 Å². The summed E-state index contributed by atoms with van der Waals surface area (Å²) in [6.07, 6.45) is 5.87. The van der Waals surface area contributed by atoms with Crippen LogP contribution in [0.3, 0.4) is 0 Å². The lowest BCUT2D eigenvalue weighted by atomic mass is 9.76. The minimum Gasteiger partial charge on any atom is -0.377 e. The van der Waals surface area contributed by atoms with Gasteiger partial charge >= 0.3 is 0 Å². The van der Waals surface area contributed by atoms with Crippen molar-refractivity contribution in [2.24, 2.45) is 5.92 Å². The van der Waals surface area contributed by atoms with Crippen LogP contribution in [-0.4, -0.2) is 12.7 Å². The summed E-state index contributed by atoms with van der Waals surface area (Å²) >= 11 is 0. The molecule has 1 aliphatic carbocycles. The van der Waals surface area contributed by atoms with E-state index in [0.29, 0.717) is 12.0 Å². The Bertz CT molecular complexity index is 584. The van der Waals surface area contributed by atoms with Crippen molar-refractivity contribution in [1.29, 1.82) is 0 Å². The van der Waals surface area contributed by atoms with Crippen LogP contribution in [0, 0.1) is 5.92 Å². The topological polar surface area (TPSA) is 9.23 Å². The molecule has 2 aromatic rings. The Morgan fingerprint density at radius 1 is 0.895 bits per heavy atom. The molecule has 1 heterocycles. The zero-order valence-corrected chi connectivity index (χ0v) is 11.2. The zero-order chi connectivity index (χ0) is 12.7. The van der Waals surface area contributed by atoms with Crippen LogP contribution < -0.4 is 0 Å². The van der Waals surface area contributed by atoms with E-state index in [1.807, 2.05) is 0 Å². The molecule has 2 aliphatic rings. The Balaban J connectivity index is 1.78. The number of rotatable bonds is 1. The van der Waals surface area contributed by atoms with Crippen molar-refractivity contribution in [1.82, 2.24) is 0 Å². The molecule has 1 unspecified atom stereocenters. The first-order chi connectivity index (χ1) is 9.43. The van der Waals surface area contributed by atoms with Gasteiger partial charge in [0.2, 0.25) is 0 Å². The van der Waals surface area contributed by atoms with E-state index >= 15 is 0 Å². The van der Waals surface area contributed by atoms with E-state index in [9.17, 15) is 0 Å². The van der Waals surface area contributed by atoms with Crippen molar-refractivity contribution in [3.63, 3.8) is 0 Å². The fourth-order valence-electron chi connectivity index (χ4n) is 4.04. The van der Waals surface area contributed by atoms with Crippen LogP contribution in [-0.2, 0) is 4.74 Å². The van der Waals surface area contributed by atoms with E-state index < -0.39 is 0 Å².